The standard InChI is InChI=1S/C14H11N3S/c15-11-6-4-10(5-7-11)13-9-18-14(17-13)12-3-1-2-8-16-12/h1-9H,15H2. The first kappa shape index (κ1) is 10.9. The molecule has 0 saturated heterocycles. The molecule has 0 aliphatic rings. The second-order valence-corrected chi connectivity index (χ2v) is 4.73. The van der Waals surface area contributed by atoms with Crippen molar-refractivity contribution in [1.82, 2.24) is 9.97 Å². The number of anilines is 1. The van der Waals surface area contributed by atoms with Crippen LogP contribution in [-0.4, -0.2) is 9.97 Å². The normalized spacial score (nSPS) is 10.4. The number of pyridine rings is 1. The predicted molar refractivity (Wildman–Crippen MR) is 75.2 cm³/mol. The zero-order chi connectivity index (χ0) is 12.4. The van der Waals surface area contributed by atoms with Crippen molar-refractivity contribution in [3.63, 3.8) is 0 Å². The van der Waals surface area contributed by atoms with Crippen molar-refractivity contribution in [2.24, 2.45) is 0 Å². The summed E-state index contributed by atoms with van der Waals surface area (Å²) in [6, 6.07) is 13.6. The third-order valence-electron chi connectivity index (χ3n) is 2.59. The lowest BCUT2D eigenvalue weighted by molar-refractivity contribution is 1.29. The molecule has 88 valence electrons. The van der Waals surface area contributed by atoms with Crippen LogP contribution in [0.4, 0.5) is 5.69 Å². The van der Waals surface area contributed by atoms with Gasteiger partial charge in [-0.25, -0.2) is 4.98 Å². The first-order valence-corrected chi connectivity index (χ1v) is 6.44. The summed E-state index contributed by atoms with van der Waals surface area (Å²) in [6.45, 7) is 0. The summed E-state index contributed by atoms with van der Waals surface area (Å²) in [5, 5.41) is 2.97. The van der Waals surface area contributed by atoms with E-state index in [0.29, 0.717) is 0 Å². The zero-order valence-corrected chi connectivity index (χ0v) is 10.4. The van der Waals surface area contributed by atoms with E-state index >= 15 is 0 Å². The fourth-order valence-corrected chi connectivity index (χ4v) is 2.47. The number of hydrogen-bond donors (Lipinski definition) is 1. The number of thiazole rings is 1. The minimum absolute atomic E-state index is 0.763. The minimum Gasteiger partial charge on any atom is -0.399 e. The SMILES string of the molecule is Nc1ccc(-c2csc(-c3ccccn3)n2)cc1. The molecule has 0 radical (unpaired) electrons. The van der Waals surface area contributed by atoms with Crippen molar-refractivity contribution in [3.8, 4) is 22.0 Å². The Bertz CT molecular complexity index is 644. The van der Waals surface area contributed by atoms with E-state index in [0.717, 1.165) is 27.6 Å². The molecule has 0 aliphatic heterocycles. The summed E-state index contributed by atoms with van der Waals surface area (Å²) >= 11 is 1.60. The molecule has 4 heteroatoms. The molecule has 3 aromatic rings. The fourth-order valence-electron chi connectivity index (χ4n) is 1.67. The molecule has 2 aromatic heterocycles. The number of nitrogens with zero attached hydrogens (tertiary/aromatic N) is 2. The molecule has 0 spiro atoms. The first-order valence-electron chi connectivity index (χ1n) is 5.56. The molecule has 0 amide bonds. The monoisotopic (exact) mass is 253 g/mol. The molecule has 0 bridgehead atoms. The Kier molecular flexibility index (Phi) is 2.78. The van der Waals surface area contributed by atoms with Gasteiger partial charge in [-0.3, -0.25) is 4.98 Å². The molecule has 0 saturated carbocycles. The second kappa shape index (κ2) is 4.58. The first-order chi connectivity index (χ1) is 8.83. The van der Waals surface area contributed by atoms with Crippen LogP contribution in [0.3, 0.4) is 0 Å². The summed E-state index contributed by atoms with van der Waals surface area (Å²) in [5.74, 6) is 0. The van der Waals surface area contributed by atoms with Crippen LogP contribution in [0.1, 0.15) is 0 Å². The van der Waals surface area contributed by atoms with Crippen LogP contribution in [0.25, 0.3) is 22.0 Å². The molecule has 0 aliphatic carbocycles. The summed E-state index contributed by atoms with van der Waals surface area (Å²) in [7, 11) is 0. The highest BCUT2D eigenvalue weighted by Gasteiger charge is 2.06. The summed E-state index contributed by atoms with van der Waals surface area (Å²) < 4.78 is 0. The van der Waals surface area contributed by atoms with E-state index < -0.39 is 0 Å². The highest BCUT2D eigenvalue weighted by Crippen LogP contribution is 2.27. The number of hydrogen-bond acceptors (Lipinski definition) is 4. The van der Waals surface area contributed by atoms with Crippen molar-refractivity contribution in [1.29, 1.82) is 0 Å². The van der Waals surface area contributed by atoms with Crippen LogP contribution < -0.4 is 5.73 Å². The van der Waals surface area contributed by atoms with Crippen molar-refractivity contribution in [2.45, 2.75) is 0 Å². The van der Waals surface area contributed by atoms with Crippen molar-refractivity contribution in [3.05, 3.63) is 54.0 Å². The quantitative estimate of drug-likeness (QED) is 0.712. The Morgan fingerprint density at radius 2 is 1.78 bits per heavy atom. The molecule has 2 heterocycles. The Morgan fingerprint density at radius 1 is 0.944 bits per heavy atom. The number of rotatable bonds is 2. The number of nitrogen functional groups attached to an aromatic ring is 1. The molecule has 0 atom stereocenters. The molecule has 3 nitrogen and oxygen atoms in total. The molecular formula is C14H11N3S. The molecule has 2 N–H and O–H groups in total. The van der Waals surface area contributed by atoms with E-state index in [1.54, 1.807) is 17.5 Å². The van der Waals surface area contributed by atoms with E-state index in [1.165, 1.54) is 0 Å². The van der Waals surface area contributed by atoms with Gasteiger partial charge in [-0.1, -0.05) is 18.2 Å². The largest absolute Gasteiger partial charge is 0.399 e. The van der Waals surface area contributed by atoms with Gasteiger partial charge in [0.2, 0.25) is 0 Å². The van der Waals surface area contributed by atoms with E-state index in [1.807, 2.05) is 47.8 Å². The van der Waals surface area contributed by atoms with Crippen LogP contribution in [0.15, 0.2) is 54.0 Å². The lowest BCUT2D eigenvalue weighted by atomic mass is 10.1. The van der Waals surface area contributed by atoms with Gasteiger partial charge < -0.3 is 5.73 Å². The van der Waals surface area contributed by atoms with Crippen molar-refractivity contribution >= 4 is 17.0 Å². The van der Waals surface area contributed by atoms with Crippen molar-refractivity contribution in [2.75, 3.05) is 5.73 Å². The van der Waals surface area contributed by atoms with Crippen LogP contribution in [0, 0.1) is 0 Å². The smallest absolute Gasteiger partial charge is 0.142 e. The Hall–Kier alpha value is -2.20. The Labute approximate surface area is 109 Å². The maximum atomic E-state index is 5.67. The summed E-state index contributed by atoms with van der Waals surface area (Å²) in [4.78, 5) is 8.89. The van der Waals surface area contributed by atoms with Crippen LogP contribution in [0.5, 0.6) is 0 Å². The Balaban J connectivity index is 1.97. The van der Waals surface area contributed by atoms with Crippen LogP contribution in [-0.2, 0) is 0 Å². The number of benzene rings is 1. The van der Waals surface area contributed by atoms with E-state index in [-0.39, 0.29) is 0 Å². The third-order valence-corrected chi connectivity index (χ3v) is 3.46. The lowest BCUT2D eigenvalue weighted by Gasteiger charge is -1.97. The molecule has 3 rings (SSSR count). The number of aromatic nitrogens is 2. The van der Waals surface area contributed by atoms with Gasteiger partial charge in [0.15, 0.2) is 0 Å². The third kappa shape index (κ3) is 2.10. The van der Waals surface area contributed by atoms with Gasteiger partial charge in [-0.15, -0.1) is 11.3 Å². The summed E-state index contributed by atoms with van der Waals surface area (Å²) in [6.07, 6.45) is 1.78. The van der Waals surface area contributed by atoms with Crippen LogP contribution in [0.2, 0.25) is 0 Å². The van der Waals surface area contributed by atoms with E-state index in [9.17, 15) is 0 Å². The molecule has 0 unspecified atom stereocenters. The maximum Gasteiger partial charge on any atom is 0.142 e. The Morgan fingerprint density at radius 3 is 2.50 bits per heavy atom. The van der Waals surface area contributed by atoms with E-state index in [2.05, 4.69) is 9.97 Å². The van der Waals surface area contributed by atoms with Crippen LogP contribution >= 0.6 is 11.3 Å². The summed E-state index contributed by atoms with van der Waals surface area (Å²) in [5.41, 5.74) is 9.37. The highest BCUT2D eigenvalue weighted by atomic mass is 32.1. The van der Waals surface area contributed by atoms with E-state index in [4.69, 9.17) is 5.73 Å². The lowest BCUT2D eigenvalue weighted by Crippen LogP contribution is -1.84. The minimum atomic E-state index is 0.763. The molecule has 0 fully saturated rings. The van der Waals surface area contributed by atoms with Crippen molar-refractivity contribution < 1.29 is 0 Å². The highest BCUT2D eigenvalue weighted by molar-refractivity contribution is 7.13. The average Bonchev–Trinajstić information content (AvgIpc) is 2.90. The van der Waals surface area contributed by atoms with Gasteiger partial charge in [0, 0.05) is 22.8 Å². The average molecular weight is 253 g/mol. The topological polar surface area (TPSA) is 51.8 Å². The molecule has 18 heavy (non-hydrogen) atoms. The zero-order valence-electron chi connectivity index (χ0n) is 9.58. The van der Waals surface area contributed by atoms with Gasteiger partial charge in [0.1, 0.15) is 5.01 Å². The van der Waals surface area contributed by atoms with Gasteiger partial charge in [-0.05, 0) is 24.3 Å². The number of nitrogens with two attached hydrogens (primary N) is 1. The van der Waals surface area contributed by atoms with Gasteiger partial charge in [-0.2, -0.15) is 0 Å². The maximum absolute atomic E-state index is 5.67. The molecule has 1 aromatic carbocycles. The molecular weight excluding hydrogens is 242 g/mol. The van der Waals surface area contributed by atoms with Gasteiger partial charge >= 0.3 is 0 Å². The predicted octanol–water partition coefficient (Wildman–Crippen LogP) is 3.45. The fraction of sp³-hybridized carbons (Fsp3) is 0. The second-order valence-electron chi connectivity index (χ2n) is 3.87. The van der Waals surface area contributed by atoms with Gasteiger partial charge in [0.25, 0.3) is 0 Å². The van der Waals surface area contributed by atoms with Gasteiger partial charge in [0.05, 0.1) is 11.4 Å².